The molecule has 2 heterocycles. The molecule has 1 N–H and O–H groups in total. The van der Waals surface area contributed by atoms with Gasteiger partial charge in [-0.15, -0.1) is 0 Å². The number of rotatable bonds is 3. The summed E-state index contributed by atoms with van der Waals surface area (Å²) in [6.07, 6.45) is 0. The van der Waals surface area contributed by atoms with Gasteiger partial charge in [0.2, 0.25) is 0 Å². The Morgan fingerprint density at radius 3 is 2.16 bits per heavy atom. The van der Waals surface area contributed by atoms with E-state index in [1.807, 2.05) is 60.7 Å². The smallest absolute Gasteiger partial charge is 0.0783 e. The predicted octanol–water partition coefficient (Wildman–Crippen LogP) is 9.75. The highest BCUT2D eigenvalue weighted by atomic mass is 15.0. The molecule has 8 aromatic rings. The van der Waals surface area contributed by atoms with Crippen LogP contribution >= 0.6 is 0 Å². The molecule has 0 aliphatic heterocycles. The zero-order valence-electron chi connectivity index (χ0n) is 25.3. The summed E-state index contributed by atoms with van der Waals surface area (Å²) in [6.45, 7) is 0. The zero-order chi connectivity index (χ0) is 29.4. The third-order valence-corrected chi connectivity index (χ3v) is 7.42. The van der Waals surface area contributed by atoms with Gasteiger partial charge in [-0.1, -0.05) is 115 Å². The van der Waals surface area contributed by atoms with Crippen LogP contribution in [0.25, 0.3) is 71.6 Å². The molecule has 2 aromatic heterocycles. The van der Waals surface area contributed by atoms with E-state index in [4.69, 9.17) is 6.85 Å². The van der Waals surface area contributed by atoms with Gasteiger partial charge in [0.25, 0.3) is 0 Å². The van der Waals surface area contributed by atoms with Crippen molar-refractivity contribution in [2.24, 2.45) is 0 Å². The fourth-order valence-corrected chi connectivity index (χ4v) is 5.75. The minimum absolute atomic E-state index is 0.190. The summed E-state index contributed by atoms with van der Waals surface area (Å²) >= 11 is 0. The lowest BCUT2D eigenvalue weighted by Gasteiger charge is -2.16. The minimum atomic E-state index is -0.397. The fraction of sp³-hybridized carbons (Fsp3) is 0. The van der Waals surface area contributed by atoms with Crippen LogP contribution in [0.2, 0.25) is 0 Å². The van der Waals surface area contributed by atoms with Crippen LogP contribution in [0.15, 0.2) is 139 Å². The summed E-state index contributed by atoms with van der Waals surface area (Å²) in [5.41, 5.74) is 7.76. The Balaban J connectivity index is 1.51. The van der Waals surface area contributed by atoms with Gasteiger partial charge in [0.15, 0.2) is 0 Å². The predicted molar refractivity (Wildman–Crippen MR) is 161 cm³/mol. The van der Waals surface area contributed by atoms with Crippen molar-refractivity contribution < 1.29 is 6.85 Å². The first-order valence-corrected chi connectivity index (χ1v) is 12.6. The molecule has 38 heavy (non-hydrogen) atoms. The van der Waals surface area contributed by atoms with Crippen molar-refractivity contribution in [2.45, 2.75) is 0 Å². The van der Waals surface area contributed by atoms with Gasteiger partial charge in [-0.25, -0.2) is 0 Å². The molecule has 0 bridgehead atoms. The van der Waals surface area contributed by atoms with Gasteiger partial charge in [0.1, 0.15) is 0 Å². The summed E-state index contributed by atoms with van der Waals surface area (Å²) in [4.78, 5) is 3.69. The van der Waals surface area contributed by atoms with Crippen molar-refractivity contribution in [3.05, 3.63) is 139 Å². The molecule has 0 saturated heterocycles. The summed E-state index contributed by atoms with van der Waals surface area (Å²) in [5, 5.41) is 4.57. The van der Waals surface area contributed by atoms with Crippen LogP contribution in [0.5, 0.6) is 0 Å². The average molecular weight is 490 g/mol. The molecular weight excluding hydrogens is 460 g/mol. The lowest BCUT2D eigenvalue weighted by molar-refractivity contribution is 1.18. The topological polar surface area (TPSA) is 20.7 Å². The van der Waals surface area contributed by atoms with Crippen molar-refractivity contribution in [3.63, 3.8) is 0 Å². The third-order valence-electron chi connectivity index (χ3n) is 7.42. The molecular formula is C36H24N2. The van der Waals surface area contributed by atoms with Crippen LogP contribution in [0.1, 0.15) is 6.85 Å². The molecule has 178 valence electrons. The van der Waals surface area contributed by atoms with E-state index in [0.29, 0.717) is 5.56 Å². The van der Waals surface area contributed by atoms with Gasteiger partial charge in [0.05, 0.1) is 29.1 Å². The Morgan fingerprint density at radius 2 is 1.29 bits per heavy atom. The number of aromatic nitrogens is 2. The molecule has 6 aromatic carbocycles. The highest BCUT2D eigenvalue weighted by molar-refractivity contribution is 6.22. The Hall–Kier alpha value is -5.08. The molecule has 0 radical (unpaired) electrons. The van der Waals surface area contributed by atoms with E-state index >= 15 is 0 Å². The number of para-hydroxylation sites is 2. The van der Waals surface area contributed by atoms with E-state index in [2.05, 4.69) is 58.1 Å². The van der Waals surface area contributed by atoms with Crippen molar-refractivity contribution in [3.8, 4) is 27.9 Å². The average Bonchev–Trinajstić information content (AvgIpc) is 3.59. The lowest BCUT2D eigenvalue weighted by atomic mass is 9.97. The second-order valence-corrected chi connectivity index (χ2v) is 9.51. The van der Waals surface area contributed by atoms with Gasteiger partial charge in [0, 0.05) is 32.6 Å². The number of H-pyrrole nitrogens is 1. The second kappa shape index (κ2) is 8.22. The molecule has 0 spiro atoms. The van der Waals surface area contributed by atoms with E-state index in [1.54, 1.807) is 0 Å². The first-order chi connectivity index (χ1) is 20.9. The highest BCUT2D eigenvalue weighted by Crippen LogP contribution is 2.41. The van der Waals surface area contributed by atoms with Crippen LogP contribution in [0, 0.1) is 0 Å². The largest absolute Gasteiger partial charge is 0.353 e. The van der Waals surface area contributed by atoms with Crippen molar-refractivity contribution in [1.29, 1.82) is 0 Å². The molecule has 0 aliphatic carbocycles. The maximum atomic E-state index is 8.62. The Bertz CT molecular complexity index is 2370. The quantitative estimate of drug-likeness (QED) is 0.255. The lowest BCUT2D eigenvalue weighted by Crippen LogP contribution is -1.98. The second-order valence-electron chi connectivity index (χ2n) is 9.51. The van der Waals surface area contributed by atoms with Crippen molar-refractivity contribution in [2.75, 3.05) is 0 Å². The fourth-order valence-electron chi connectivity index (χ4n) is 5.75. The van der Waals surface area contributed by atoms with Crippen LogP contribution < -0.4 is 0 Å². The summed E-state index contributed by atoms with van der Waals surface area (Å²) in [6, 6.07) is 35.4. The molecule has 8 rings (SSSR count). The van der Waals surface area contributed by atoms with Crippen LogP contribution in [-0.4, -0.2) is 9.55 Å². The first kappa shape index (κ1) is 16.6. The van der Waals surface area contributed by atoms with E-state index in [9.17, 15) is 0 Å². The molecule has 2 nitrogen and oxygen atoms in total. The summed E-state index contributed by atoms with van der Waals surface area (Å²) in [7, 11) is 0. The van der Waals surface area contributed by atoms with Crippen molar-refractivity contribution in [1.82, 2.24) is 9.55 Å². The molecule has 0 unspecified atom stereocenters. The molecule has 2 heteroatoms. The number of hydrogen-bond acceptors (Lipinski definition) is 0. The standard InChI is InChI=1S/C36H24N2/c1-3-11-24(12-4-1)26-19-22-34(31(23-26)25-13-5-2-6-14-25)38-33-18-10-8-16-28(33)30-21-20-29-27-15-7-9-17-32(27)37-35(29)36(30)38/h1-23,37H/i1D,3D,4D,11D,12D. The van der Waals surface area contributed by atoms with Gasteiger partial charge < -0.3 is 9.55 Å². The van der Waals surface area contributed by atoms with Gasteiger partial charge in [-0.3, -0.25) is 0 Å². The maximum absolute atomic E-state index is 8.62. The number of benzene rings is 6. The van der Waals surface area contributed by atoms with E-state index in [1.165, 1.54) is 0 Å². The third kappa shape index (κ3) is 3.07. The molecule has 0 saturated carbocycles. The zero-order valence-corrected chi connectivity index (χ0v) is 20.3. The Kier molecular flexibility index (Phi) is 3.60. The monoisotopic (exact) mass is 489 g/mol. The first-order valence-electron chi connectivity index (χ1n) is 15.1. The van der Waals surface area contributed by atoms with Gasteiger partial charge >= 0.3 is 0 Å². The van der Waals surface area contributed by atoms with Crippen LogP contribution in [0.4, 0.5) is 0 Å². The molecule has 0 aliphatic rings. The molecule has 0 amide bonds. The summed E-state index contributed by atoms with van der Waals surface area (Å²) in [5.74, 6) is 0. The van der Waals surface area contributed by atoms with E-state index in [-0.39, 0.29) is 29.7 Å². The molecule has 0 fully saturated rings. The highest BCUT2D eigenvalue weighted by Gasteiger charge is 2.19. The maximum Gasteiger partial charge on any atom is 0.0783 e. The van der Waals surface area contributed by atoms with Gasteiger partial charge in [-0.2, -0.15) is 0 Å². The minimum Gasteiger partial charge on any atom is -0.353 e. The number of nitrogens with one attached hydrogen (secondary N) is 1. The van der Waals surface area contributed by atoms with Crippen molar-refractivity contribution >= 4 is 43.6 Å². The number of fused-ring (bicyclic) bond motifs is 7. The van der Waals surface area contributed by atoms with E-state index in [0.717, 1.165) is 60.4 Å². The summed E-state index contributed by atoms with van der Waals surface area (Å²) < 4.78 is 44.1. The van der Waals surface area contributed by atoms with Gasteiger partial charge in [-0.05, 0) is 41.0 Å². The number of nitrogens with zero attached hydrogens (tertiary/aromatic N) is 1. The Morgan fingerprint density at radius 1 is 0.553 bits per heavy atom. The number of hydrogen-bond donors (Lipinski definition) is 1. The Labute approximate surface area is 227 Å². The van der Waals surface area contributed by atoms with Crippen LogP contribution in [0.3, 0.4) is 0 Å². The normalized spacial score (nSPS) is 13.5. The van der Waals surface area contributed by atoms with Crippen LogP contribution in [-0.2, 0) is 0 Å². The SMILES string of the molecule is [2H]c1c([2H])c([2H])c(-c2ccc(-n3c4ccccc4c4ccc5c6ccccc6[nH]c5c43)c(-c3ccccc3)c2)c([2H])c1[2H]. The molecule has 0 atom stereocenters. The van der Waals surface area contributed by atoms with E-state index < -0.39 is 6.04 Å². The number of aromatic amines is 1.